The predicted molar refractivity (Wildman–Crippen MR) is 176 cm³/mol. The van der Waals surface area contributed by atoms with E-state index in [4.69, 9.17) is 34.5 Å². The summed E-state index contributed by atoms with van der Waals surface area (Å²) < 4.78 is 31.5. The highest BCUT2D eigenvalue weighted by Crippen LogP contribution is 2.26. The lowest BCUT2D eigenvalue weighted by molar-refractivity contribution is -0.142. The molecule has 12 nitrogen and oxygen atoms in total. The highest BCUT2D eigenvalue weighted by atomic mass is 16.5. The summed E-state index contributed by atoms with van der Waals surface area (Å²) in [7, 11) is 0. The van der Waals surface area contributed by atoms with Crippen LogP contribution in [0.3, 0.4) is 0 Å². The molecule has 0 fully saturated rings. The van der Waals surface area contributed by atoms with Gasteiger partial charge in [0.15, 0.2) is 10.9 Å². The summed E-state index contributed by atoms with van der Waals surface area (Å²) in [4.78, 5) is 38.2. The Morgan fingerprint density at radius 3 is 1.43 bits per heavy atom. The molecule has 0 aliphatic heterocycles. The van der Waals surface area contributed by atoms with Crippen LogP contribution in [0.2, 0.25) is 0 Å². The lowest BCUT2D eigenvalue weighted by Crippen LogP contribution is -2.18. The van der Waals surface area contributed by atoms with E-state index in [1.54, 1.807) is 0 Å². The zero-order valence-electron chi connectivity index (χ0n) is 25.7. The summed E-state index contributed by atoms with van der Waals surface area (Å²) in [5, 5.41) is 10.8. The van der Waals surface area contributed by atoms with Crippen molar-refractivity contribution < 1.29 is 33.6 Å². The molecular formula is C34H39N3O9. The number of aliphatic carboxylic acids is 1. The Bertz CT molecular complexity index is 1920. The van der Waals surface area contributed by atoms with Crippen LogP contribution in [0.4, 0.5) is 0 Å². The Kier molecular flexibility index (Phi) is 11.8. The average Bonchev–Trinajstić information content (AvgIpc) is 3.07. The van der Waals surface area contributed by atoms with Crippen molar-refractivity contribution in [1.29, 1.82) is 0 Å². The number of aromatic nitrogens is 2. The smallest absolute Gasteiger partial charge is 0.329 e. The van der Waals surface area contributed by atoms with Crippen molar-refractivity contribution in [3.05, 3.63) is 81.1 Å². The van der Waals surface area contributed by atoms with Gasteiger partial charge in [-0.2, -0.15) is 0 Å². The molecule has 46 heavy (non-hydrogen) atoms. The van der Waals surface area contributed by atoms with Gasteiger partial charge < -0.3 is 43.7 Å². The summed E-state index contributed by atoms with van der Waals surface area (Å²) in [6.07, 6.45) is 0. The number of carbonyl (C=O) groups is 1. The number of benzene rings is 3. The van der Waals surface area contributed by atoms with Crippen molar-refractivity contribution in [2.24, 2.45) is 5.73 Å². The zero-order chi connectivity index (χ0) is 32.3. The molecule has 2 aromatic heterocycles. The van der Waals surface area contributed by atoms with Gasteiger partial charge in [-0.15, -0.1) is 0 Å². The monoisotopic (exact) mass is 633 g/mol. The van der Waals surface area contributed by atoms with Crippen LogP contribution in [0.1, 0.15) is 0 Å². The Balaban J connectivity index is 1.43. The molecule has 3 N–H and O–H groups in total. The van der Waals surface area contributed by atoms with Gasteiger partial charge in [0.2, 0.25) is 0 Å². The van der Waals surface area contributed by atoms with E-state index >= 15 is 0 Å². The SMILES string of the molecule is NCCOCCOCCn1c2ccccc2c(=O)c2cc3c(cc21)c(=O)c1ccccc1n3CCOCCOCCOCC(=O)O. The third kappa shape index (κ3) is 7.79. The van der Waals surface area contributed by atoms with Crippen LogP contribution < -0.4 is 16.6 Å². The summed E-state index contributed by atoms with van der Waals surface area (Å²) in [5.41, 5.74) is 8.10. The second-order valence-corrected chi connectivity index (χ2v) is 10.6. The number of hydrogen-bond donors (Lipinski definition) is 2. The quantitative estimate of drug-likeness (QED) is 0.103. The van der Waals surface area contributed by atoms with E-state index in [0.717, 1.165) is 11.0 Å². The van der Waals surface area contributed by atoms with Crippen LogP contribution in [-0.2, 0) is 41.6 Å². The van der Waals surface area contributed by atoms with Gasteiger partial charge in [0.1, 0.15) is 6.61 Å². The number of nitrogens with zero attached hydrogens (tertiary/aromatic N) is 2. The number of para-hydroxylation sites is 2. The highest BCUT2D eigenvalue weighted by molar-refractivity contribution is 6.03. The highest BCUT2D eigenvalue weighted by Gasteiger charge is 2.17. The molecule has 3 aromatic carbocycles. The minimum atomic E-state index is -1.02. The van der Waals surface area contributed by atoms with E-state index in [-0.39, 0.29) is 30.7 Å². The van der Waals surface area contributed by atoms with E-state index in [2.05, 4.69) is 0 Å². The molecule has 0 radical (unpaired) electrons. The van der Waals surface area contributed by atoms with E-state index in [9.17, 15) is 14.4 Å². The number of rotatable bonds is 19. The molecule has 0 aliphatic rings. The number of carboxylic acids is 1. The fourth-order valence-corrected chi connectivity index (χ4v) is 5.54. The van der Waals surface area contributed by atoms with E-state index in [0.29, 0.717) is 98.5 Å². The fraction of sp³-hybridized carbons (Fsp3) is 0.382. The molecule has 0 spiro atoms. The standard InChI is InChI=1S/C34H39N3O9/c35-9-12-42-15-16-43-13-10-36-28-7-3-1-5-24(28)33(40)26-22-31-27(21-30(26)36)34(41)25-6-2-4-8-29(25)37(31)11-14-44-17-18-45-19-20-46-23-32(38)39/h1-8,21-22H,9-20,23,35H2,(H,38,39). The minimum Gasteiger partial charge on any atom is -0.480 e. The maximum atomic E-state index is 13.9. The fourth-order valence-electron chi connectivity index (χ4n) is 5.54. The molecule has 244 valence electrons. The lowest BCUT2D eigenvalue weighted by Gasteiger charge is -2.19. The van der Waals surface area contributed by atoms with Crippen LogP contribution in [-0.4, -0.2) is 92.8 Å². The first-order valence-corrected chi connectivity index (χ1v) is 15.3. The summed E-state index contributed by atoms with van der Waals surface area (Å²) >= 11 is 0. The summed E-state index contributed by atoms with van der Waals surface area (Å²) in [6.45, 7) is 4.19. The van der Waals surface area contributed by atoms with Gasteiger partial charge in [0, 0.05) is 41.2 Å². The van der Waals surface area contributed by atoms with E-state index < -0.39 is 5.97 Å². The summed E-state index contributed by atoms with van der Waals surface area (Å²) in [6, 6.07) is 18.6. The summed E-state index contributed by atoms with van der Waals surface area (Å²) in [5.74, 6) is -1.02. The van der Waals surface area contributed by atoms with Gasteiger partial charge in [-0.3, -0.25) is 9.59 Å². The van der Waals surface area contributed by atoms with Crippen molar-refractivity contribution in [2.75, 3.05) is 72.6 Å². The third-order valence-corrected chi connectivity index (χ3v) is 7.59. The third-order valence-electron chi connectivity index (χ3n) is 7.59. The topological polar surface area (TPSA) is 153 Å². The van der Waals surface area contributed by atoms with Crippen LogP contribution in [0.25, 0.3) is 43.6 Å². The average molecular weight is 634 g/mol. The van der Waals surface area contributed by atoms with Gasteiger partial charge in [0.05, 0.1) is 81.5 Å². The molecule has 0 saturated heterocycles. The minimum absolute atomic E-state index is 0.104. The molecule has 5 aromatic rings. The molecule has 0 bridgehead atoms. The van der Waals surface area contributed by atoms with Gasteiger partial charge in [0.25, 0.3) is 0 Å². The van der Waals surface area contributed by atoms with Gasteiger partial charge in [-0.1, -0.05) is 24.3 Å². The second-order valence-electron chi connectivity index (χ2n) is 10.6. The van der Waals surface area contributed by atoms with Crippen LogP contribution in [0.5, 0.6) is 0 Å². The first kappa shape index (κ1) is 33.2. The van der Waals surface area contributed by atoms with Crippen molar-refractivity contribution in [2.45, 2.75) is 13.1 Å². The number of ether oxygens (including phenoxy) is 5. The van der Waals surface area contributed by atoms with Crippen molar-refractivity contribution in [1.82, 2.24) is 9.13 Å². The Labute approximate surface area is 264 Å². The van der Waals surface area contributed by atoms with Crippen molar-refractivity contribution >= 4 is 49.6 Å². The Morgan fingerprint density at radius 1 is 0.565 bits per heavy atom. The Hall–Kier alpha value is -4.17. The number of hydrogen-bond acceptors (Lipinski definition) is 9. The molecule has 12 heteroatoms. The number of fused-ring (bicyclic) bond motifs is 4. The molecule has 2 heterocycles. The Morgan fingerprint density at radius 2 is 0.978 bits per heavy atom. The molecule has 0 atom stereocenters. The van der Waals surface area contributed by atoms with Gasteiger partial charge in [-0.05, 0) is 36.4 Å². The molecule has 0 amide bonds. The largest absolute Gasteiger partial charge is 0.480 e. The number of pyridine rings is 2. The van der Waals surface area contributed by atoms with E-state index in [1.165, 1.54) is 0 Å². The van der Waals surface area contributed by atoms with Crippen molar-refractivity contribution in [3.63, 3.8) is 0 Å². The number of nitrogens with two attached hydrogens (primary N) is 1. The van der Waals surface area contributed by atoms with Crippen LogP contribution in [0.15, 0.2) is 70.3 Å². The van der Waals surface area contributed by atoms with Gasteiger partial charge >= 0.3 is 5.97 Å². The van der Waals surface area contributed by atoms with Crippen molar-refractivity contribution in [3.8, 4) is 0 Å². The predicted octanol–water partition coefficient (Wildman–Crippen LogP) is 2.75. The van der Waals surface area contributed by atoms with Crippen LogP contribution >= 0.6 is 0 Å². The maximum Gasteiger partial charge on any atom is 0.329 e. The first-order chi connectivity index (χ1) is 22.5. The molecule has 0 unspecified atom stereocenters. The number of carboxylic acid groups (broad SMARTS) is 1. The first-order valence-electron chi connectivity index (χ1n) is 15.3. The molecule has 0 saturated carbocycles. The molecule has 5 rings (SSSR count). The second kappa shape index (κ2) is 16.4. The lowest BCUT2D eigenvalue weighted by atomic mass is 10.0. The zero-order valence-corrected chi connectivity index (χ0v) is 25.7. The normalized spacial score (nSPS) is 11.8. The van der Waals surface area contributed by atoms with E-state index in [1.807, 2.05) is 69.8 Å². The van der Waals surface area contributed by atoms with Gasteiger partial charge in [-0.25, -0.2) is 4.79 Å². The molecular weight excluding hydrogens is 594 g/mol. The van der Waals surface area contributed by atoms with Crippen LogP contribution in [0, 0.1) is 0 Å². The molecule has 0 aliphatic carbocycles. The maximum absolute atomic E-state index is 13.9.